The zero-order valence-electron chi connectivity index (χ0n) is 20.1. The van der Waals surface area contributed by atoms with Crippen LogP contribution >= 0.6 is 0 Å². The van der Waals surface area contributed by atoms with Crippen molar-refractivity contribution >= 4 is 23.1 Å². The summed E-state index contributed by atoms with van der Waals surface area (Å²) in [5.41, 5.74) is 0.537. The highest BCUT2D eigenvalue weighted by atomic mass is 19.1. The number of ether oxygens (including phenoxy) is 2. The lowest BCUT2D eigenvalue weighted by Crippen LogP contribution is -2.42. The number of fused-ring (bicyclic) bond motifs is 2. The fraction of sp³-hybridized carbons (Fsp3) is 0.440. The number of rotatable bonds is 7. The molecule has 11 heteroatoms. The highest BCUT2D eigenvalue weighted by Crippen LogP contribution is 2.36. The maximum absolute atomic E-state index is 14.5. The average Bonchev–Trinajstić information content (AvgIpc) is 3.41. The van der Waals surface area contributed by atoms with E-state index in [0.29, 0.717) is 54.3 Å². The first-order valence-corrected chi connectivity index (χ1v) is 11.9. The van der Waals surface area contributed by atoms with Crippen LogP contribution in [-0.2, 0) is 11.3 Å². The first-order chi connectivity index (χ1) is 17.2. The lowest BCUT2D eigenvalue weighted by Gasteiger charge is -2.26. The van der Waals surface area contributed by atoms with E-state index < -0.39 is 17.7 Å². The summed E-state index contributed by atoms with van der Waals surface area (Å²) in [6, 6.07) is 5.01. The summed E-state index contributed by atoms with van der Waals surface area (Å²) in [5.74, 6) is -0.418. The predicted octanol–water partition coefficient (Wildman–Crippen LogP) is 2.60. The largest absolute Gasteiger partial charge is 0.488 e. The Labute approximate surface area is 207 Å². The SMILES string of the molecule is CC(C)(O)C(F)CN1Cc2cc(NC(=O)c3cnn4cccnc34)c(OC3CCOCC3)cc2C1=O. The van der Waals surface area contributed by atoms with Crippen LogP contribution in [0.5, 0.6) is 5.75 Å². The van der Waals surface area contributed by atoms with Crippen LogP contribution in [0.2, 0.25) is 0 Å². The maximum atomic E-state index is 14.5. The molecule has 2 amide bonds. The molecule has 190 valence electrons. The molecule has 0 spiro atoms. The summed E-state index contributed by atoms with van der Waals surface area (Å²) in [7, 11) is 0. The zero-order chi connectivity index (χ0) is 25.4. The second-order valence-corrected chi connectivity index (χ2v) is 9.64. The van der Waals surface area contributed by atoms with Gasteiger partial charge in [-0.05, 0) is 37.6 Å². The minimum atomic E-state index is -1.61. The van der Waals surface area contributed by atoms with Crippen LogP contribution < -0.4 is 10.1 Å². The number of carbonyl (C=O) groups excluding carboxylic acids is 2. The Bertz CT molecular complexity index is 1300. The van der Waals surface area contributed by atoms with Crippen LogP contribution in [0.1, 0.15) is 53.0 Å². The van der Waals surface area contributed by atoms with Crippen molar-refractivity contribution in [1.82, 2.24) is 19.5 Å². The molecular formula is C25H28FN5O5. The van der Waals surface area contributed by atoms with Gasteiger partial charge >= 0.3 is 0 Å². The number of nitrogens with one attached hydrogen (secondary N) is 1. The molecule has 3 aromatic rings. The van der Waals surface area contributed by atoms with Gasteiger partial charge in [0.2, 0.25) is 0 Å². The molecule has 10 nitrogen and oxygen atoms in total. The van der Waals surface area contributed by atoms with Gasteiger partial charge in [0.1, 0.15) is 23.6 Å². The molecule has 1 saturated heterocycles. The zero-order valence-corrected chi connectivity index (χ0v) is 20.1. The molecule has 0 saturated carbocycles. The van der Waals surface area contributed by atoms with Crippen molar-refractivity contribution in [2.24, 2.45) is 0 Å². The molecule has 1 atom stereocenters. The maximum Gasteiger partial charge on any atom is 0.261 e. The fourth-order valence-corrected chi connectivity index (χ4v) is 4.31. The van der Waals surface area contributed by atoms with Crippen molar-refractivity contribution in [2.45, 2.75) is 51.1 Å². The predicted molar refractivity (Wildman–Crippen MR) is 128 cm³/mol. The van der Waals surface area contributed by atoms with E-state index in [-0.39, 0.29) is 30.7 Å². The van der Waals surface area contributed by atoms with E-state index in [1.165, 1.54) is 29.5 Å². The standard InChI is InChI=1S/C25H28FN5O5/c1-25(2,34)21(26)14-30-13-15-10-19(29-23(32)18-12-28-31-7-3-6-27-22(18)31)20(11-17(15)24(30)33)36-16-4-8-35-9-5-16/h3,6-7,10-12,16,21,34H,4-5,8-9,13-14H2,1-2H3,(H,29,32). The third-order valence-electron chi connectivity index (χ3n) is 6.47. The van der Waals surface area contributed by atoms with Crippen LogP contribution in [0.25, 0.3) is 5.65 Å². The van der Waals surface area contributed by atoms with Crippen molar-refractivity contribution in [3.63, 3.8) is 0 Å². The molecule has 1 fully saturated rings. The Morgan fingerprint density at radius 1 is 1.36 bits per heavy atom. The number of aliphatic hydroxyl groups is 1. The summed E-state index contributed by atoms with van der Waals surface area (Å²) >= 11 is 0. The minimum absolute atomic E-state index is 0.135. The molecule has 0 aliphatic carbocycles. The fourth-order valence-electron chi connectivity index (χ4n) is 4.31. The summed E-state index contributed by atoms with van der Waals surface area (Å²) in [6.45, 7) is 3.77. The molecular weight excluding hydrogens is 469 g/mol. The average molecular weight is 498 g/mol. The Hall–Kier alpha value is -3.57. The third-order valence-corrected chi connectivity index (χ3v) is 6.47. The van der Waals surface area contributed by atoms with Crippen molar-refractivity contribution in [2.75, 3.05) is 25.1 Å². The van der Waals surface area contributed by atoms with E-state index in [1.807, 2.05) is 0 Å². The quantitative estimate of drug-likeness (QED) is 0.515. The summed E-state index contributed by atoms with van der Waals surface area (Å²) in [6.07, 6.45) is 4.32. The van der Waals surface area contributed by atoms with Crippen molar-refractivity contribution in [1.29, 1.82) is 0 Å². The minimum Gasteiger partial charge on any atom is -0.488 e. The van der Waals surface area contributed by atoms with E-state index in [0.717, 1.165) is 0 Å². The number of anilines is 1. The van der Waals surface area contributed by atoms with E-state index in [1.54, 1.807) is 30.6 Å². The highest BCUT2D eigenvalue weighted by Gasteiger charge is 2.35. The summed E-state index contributed by atoms with van der Waals surface area (Å²) in [5, 5.41) is 17.0. The molecule has 5 rings (SSSR count). The number of carbonyl (C=O) groups is 2. The van der Waals surface area contributed by atoms with E-state index >= 15 is 0 Å². The molecule has 2 aliphatic heterocycles. The molecule has 1 unspecified atom stereocenters. The van der Waals surface area contributed by atoms with Crippen molar-refractivity contribution in [3.8, 4) is 5.75 Å². The van der Waals surface area contributed by atoms with Gasteiger partial charge in [0, 0.05) is 37.3 Å². The number of halogens is 1. The van der Waals surface area contributed by atoms with Gasteiger partial charge in [-0.3, -0.25) is 9.59 Å². The first-order valence-electron chi connectivity index (χ1n) is 11.9. The van der Waals surface area contributed by atoms with Gasteiger partial charge in [0.05, 0.1) is 37.2 Å². The van der Waals surface area contributed by atoms with Gasteiger partial charge in [-0.1, -0.05) is 0 Å². The molecule has 2 N–H and O–H groups in total. The molecule has 36 heavy (non-hydrogen) atoms. The van der Waals surface area contributed by atoms with Crippen LogP contribution in [0.4, 0.5) is 10.1 Å². The van der Waals surface area contributed by atoms with Crippen LogP contribution in [-0.4, -0.2) is 74.1 Å². The second-order valence-electron chi connectivity index (χ2n) is 9.64. The van der Waals surface area contributed by atoms with Gasteiger partial charge in [-0.2, -0.15) is 5.10 Å². The van der Waals surface area contributed by atoms with Gasteiger partial charge < -0.3 is 24.8 Å². The first kappa shape index (κ1) is 24.1. The van der Waals surface area contributed by atoms with Crippen LogP contribution in [0.15, 0.2) is 36.8 Å². The Morgan fingerprint density at radius 2 is 2.14 bits per heavy atom. The monoisotopic (exact) mass is 497 g/mol. The lowest BCUT2D eigenvalue weighted by molar-refractivity contribution is -0.0159. The lowest BCUT2D eigenvalue weighted by atomic mass is 10.0. The van der Waals surface area contributed by atoms with Crippen molar-refractivity contribution < 1.29 is 28.6 Å². The number of benzene rings is 1. The molecule has 2 aliphatic rings. The normalized spacial score (nSPS) is 17.3. The van der Waals surface area contributed by atoms with Crippen molar-refractivity contribution in [3.05, 3.63) is 53.5 Å². The molecule has 0 radical (unpaired) electrons. The van der Waals surface area contributed by atoms with Gasteiger partial charge in [-0.25, -0.2) is 13.9 Å². The second kappa shape index (κ2) is 9.47. The summed E-state index contributed by atoms with van der Waals surface area (Å²) in [4.78, 5) is 31.8. The summed E-state index contributed by atoms with van der Waals surface area (Å²) < 4.78 is 27.7. The van der Waals surface area contributed by atoms with Crippen LogP contribution in [0.3, 0.4) is 0 Å². The van der Waals surface area contributed by atoms with Gasteiger partial charge in [-0.15, -0.1) is 0 Å². The molecule has 4 heterocycles. The Balaban J connectivity index is 1.45. The van der Waals surface area contributed by atoms with Gasteiger partial charge in [0.15, 0.2) is 5.65 Å². The third kappa shape index (κ3) is 4.76. The molecule has 1 aromatic carbocycles. The number of hydrogen-bond acceptors (Lipinski definition) is 7. The number of nitrogens with zero attached hydrogens (tertiary/aromatic N) is 4. The van der Waals surface area contributed by atoms with Crippen LogP contribution in [0, 0.1) is 0 Å². The highest BCUT2D eigenvalue weighted by molar-refractivity contribution is 6.09. The van der Waals surface area contributed by atoms with E-state index in [4.69, 9.17) is 9.47 Å². The number of amides is 2. The smallest absolute Gasteiger partial charge is 0.261 e. The number of alkyl halides is 1. The number of aromatic nitrogens is 3. The molecule has 2 aromatic heterocycles. The van der Waals surface area contributed by atoms with E-state index in [9.17, 15) is 19.1 Å². The van der Waals surface area contributed by atoms with Gasteiger partial charge in [0.25, 0.3) is 11.8 Å². The van der Waals surface area contributed by atoms with E-state index in [2.05, 4.69) is 15.4 Å². The number of hydrogen-bond donors (Lipinski definition) is 2. The Morgan fingerprint density at radius 3 is 2.89 bits per heavy atom. The topological polar surface area (TPSA) is 118 Å². The molecule has 0 bridgehead atoms. The Kier molecular flexibility index (Phi) is 6.35.